The summed E-state index contributed by atoms with van der Waals surface area (Å²) in [7, 11) is 0. The third kappa shape index (κ3) is 1.85. The molecule has 1 fully saturated rings. The second-order valence-electron chi connectivity index (χ2n) is 5.60. The molecule has 2 heterocycles. The van der Waals surface area contributed by atoms with Crippen molar-refractivity contribution in [1.82, 2.24) is 14.5 Å². The normalized spacial score (nSPS) is 24.6. The Morgan fingerprint density at radius 2 is 2.06 bits per heavy atom. The Labute approximate surface area is 106 Å². The lowest BCUT2D eigenvalue weighted by Gasteiger charge is -2.26. The molecule has 2 aromatic heterocycles. The number of nitrogens with one attached hydrogen (secondary N) is 1. The van der Waals surface area contributed by atoms with Crippen molar-refractivity contribution in [3.63, 3.8) is 0 Å². The molecular weight excluding hydrogens is 226 g/mol. The second-order valence-corrected chi connectivity index (χ2v) is 5.60. The number of fused-ring (bicyclic) bond motifs is 1. The molecule has 0 bridgehead atoms. The van der Waals surface area contributed by atoms with E-state index >= 15 is 0 Å². The number of nitrogens with zero attached hydrogens (tertiary/aromatic N) is 2. The maximum absolute atomic E-state index is 12.1. The molecule has 96 valence electrons. The number of hydrogen-bond acceptors (Lipinski definition) is 2. The predicted molar refractivity (Wildman–Crippen MR) is 71.8 cm³/mol. The fourth-order valence-corrected chi connectivity index (χ4v) is 2.96. The van der Waals surface area contributed by atoms with Crippen LogP contribution in [-0.2, 0) is 0 Å². The van der Waals surface area contributed by atoms with Gasteiger partial charge in [-0.2, -0.15) is 0 Å². The van der Waals surface area contributed by atoms with E-state index in [1.165, 1.54) is 12.8 Å². The first-order valence-corrected chi connectivity index (χ1v) is 6.72. The molecule has 18 heavy (non-hydrogen) atoms. The minimum Gasteiger partial charge on any atom is -0.304 e. The van der Waals surface area contributed by atoms with Gasteiger partial charge in [-0.1, -0.05) is 6.92 Å². The van der Waals surface area contributed by atoms with Crippen LogP contribution in [0.15, 0.2) is 17.1 Å². The van der Waals surface area contributed by atoms with Crippen LogP contribution in [0, 0.1) is 12.8 Å². The predicted octanol–water partition coefficient (Wildman–Crippen LogP) is 2.78. The molecule has 0 unspecified atom stereocenters. The number of H-pyrrole nitrogens is 1. The Bertz CT molecular complexity index is 617. The van der Waals surface area contributed by atoms with E-state index in [4.69, 9.17) is 0 Å². The third-order valence-electron chi connectivity index (χ3n) is 4.04. The summed E-state index contributed by atoms with van der Waals surface area (Å²) in [6.45, 7) is 4.28. The Morgan fingerprint density at radius 1 is 1.33 bits per heavy atom. The maximum atomic E-state index is 12.1. The summed E-state index contributed by atoms with van der Waals surface area (Å²) in [5, 5.41) is 0. The van der Waals surface area contributed by atoms with Gasteiger partial charge in [0.05, 0.1) is 5.52 Å². The molecule has 1 aliphatic carbocycles. The van der Waals surface area contributed by atoms with E-state index in [1.807, 2.05) is 23.8 Å². The van der Waals surface area contributed by atoms with Crippen molar-refractivity contribution < 1.29 is 0 Å². The monoisotopic (exact) mass is 245 g/mol. The minimum atomic E-state index is -0.0114. The van der Waals surface area contributed by atoms with Crippen molar-refractivity contribution in [2.75, 3.05) is 0 Å². The number of aromatic amines is 1. The van der Waals surface area contributed by atoms with E-state index in [9.17, 15) is 4.79 Å². The first kappa shape index (κ1) is 11.5. The topological polar surface area (TPSA) is 50.7 Å². The molecule has 4 heteroatoms. The summed E-state index contributed by atoms with van der Waals surface area (Å²) < 4.78 is 1.86. The van der Waals surface area contributed by atoms with Crippen LogP contribution < -0.4 is 5.69 Å². The molecule has 2 aromatic rings. The fourth-order valence-electron chi connectivity index (χ4n) is 2.96. The first-order chi connectivity index (χ1) is 8.65. The van der Waals surface area contributed by atoms with Crippen molar-refractivity contribution in [3.8, 4) is 0 Å². The van der Waals surface area contributed by atoms with Gasteiger partial charge in [0, 0.05) is 12.2 Å². The number of aromatic nitrogens is 3. The van der Waals surface area contributed by atoms with Crippen LogP contribution in [-0.4, -0.2) is 14.5 Å². The Morgan fingerprint density at radius 3 is 2.78 bits per heavy atom. The van der Waals surface area contributed by atoms with Crippen molar-refractivity contribution in [3.05, 3.63) is 28.3 Å². The standard InChI is InChI=1S/C14H19N3O/c1-9-3-5-11(6-4-9)17-13-12(16-14(17)18)7-10(2)8-15-13/h7-9,11H,3-6H2,1-2H3,(H,16,18). The average molecular weight is 245 g/mol. The lowest BCUT2D eigenvalue weighted by atomic mass is 9.87. The van der Waals surface area contributed by atoms with E-state index in [0.29, 0.717) is 6.04 Å². The van der Waals surface area contributed by atoms with Gasteiger partial charge in [0.15, 0.2) is 5.65 Å². The van der Waals surface area contributed by atoms with E-state index < -0.39 is 0 Å². The largest absolute Gasteiger partial charge is 0.327 e. The zero-order chi connectivity index (χ0) is 12.7. The lowest BCUT2D eigenvalue weighted by Crippen LogP contribution is -2.25. The summed E-state index contributed by atoms with van der Waals surface area (Å²) in [4.78, 5) is 19.4. The zero-order valence-corrected chi connectivity index (χ0v) is 10.9. The van der Waals surface area contributed by atoms with Gasteiger partial charge in [-0.3, -0.25) is 4.57 Å². The van der Waals surface area contributed by atoms with Crippen LogP contribution >= 0.6 is 0 Å². The molecule has 0 radical (unpaired) electrons. The highest BCUT2D eigenvalue weighted by Gasteiger charge is 2.23. The Hall–Kier alpha value is -1.58. The highest BCUT2D eigenvalue weighted by molar-refractivity contribution is 5.71. The van der Waals surface area contributed by atoms with E-state index in [2.05, 4.69) is 16.9 Å². The third-order valence-corrected chi connectivity index (χ3v) is 4.04. The quantitative estimate of drug-likeness (QED) is 0.840. The smallest absolute Gasteiger partial charge is 0.304 e. The number of pyridine rings is 1. The van der Waals surface area contributed by atoms with E-state index in [-0.39, 0.29) is 5.69 Å². The van der Waals surface area contributed by atoms with Gasteiger partial charge >= 0.3 is 5.69 Å². The highest BCUT2D eigenvalue weighted by atomic mass is 16.1. The molecule has 0 spiro atoms. The minimum absolute atomic E-state index is 0.0114. The van der Waals surface area contributed by atoms with Gasteiger partial charge in [-0.15, -0.1) is 0 Å². The summed E-state index contributed by atoms with van der Waals surface area (Å²) >= 11 is 0. The van der Waals surface area contributed by atoms with Gasteiger partial charge in [-0.05, 0) is 50.2 Å². The molecule has 1 saturated carbocycles. The first-order valence-electron chi connectivity index (χ1n) is 6.72. The van der Waals surface area contributed by atoms with E-state index in [1.54, 1.807) is 0 Å². The van der Waals surface area contributed by atoms with Crippen molar-refractivity contribution >= 4 is 11.2 Å². The maximum Gasteiger partial charge on any atom is 0.327 e. The highest BCUT2D eigenvalue weighted by Crippen LogP contribution is 2.32. The summed E-state index contributed by atoms with van der Waals surface area (Å²) in [6, 6.07) is 2.31. The molecular formula is C14H19N3O. The van der Waals surface area contributed by atoms with Crippen molar-refractivity contribution in [1.29, 1.82) is 0 Å². The zero-order valence-electron chi connectivity index (χ0n) is 10.9. The van der Waals surface area contributed by atoms with Crippen LogP contribution in [0.5, 0.6) is 0 Å². The number of rotatable bonds is 1. The van der Waals surface area contributed by atoms with Gasteiger partial charge in [0.2, 0.25) is 0 Å². The molecule has 0 aliphatic heterocycles. The molecule has 1 N–H and O–H groups in total. The molecule has 3 rings (SSSR count). The molecule has 4 nitrogen and oxygen atoms in total. The molecule has 1 aliphatic rings. The fraction of sp³-hybridized carbons (Fsp3) is 0.571. The average Bonchev–Trinajstić information content (AvgIpc) is 2.65. The molecule has 0 atom stereocenters. The van der Waals surface area contributed by atoms with Crippen LogP contribution in [0.2, 0.25) is 0 Å². The Kier molecular flexibility index (Phi) is 2.73. The summed E-state index contributed by atoms with van der Waals surface area (Å²) in [5.41, 5.74) is 2.74. The van der Waals surface area contributed by atoms with Crippen molar-refractivity contribution in [2.45, 2.75) is 45.6 Å². The SMILES string of the molecule is Cc1cnc2c(c1)[nH]c(=O)n2C1CCC(C)CC1. The second kappa shape index (κ2) is 4.26. The van der Waals surface area contributed by atoms with Gasteiger partial charge in [0.1, 0.15) is 0 Å². The van der Waals surface area contributed by atoms with Crippen LogP contribution in [0.1, 0.15) is 44.2 Å². The van der Waals surface area contributed by atoms with Crippen LogP contribution in [0.3, 0.4) is 0 Å². The number of aryl methyl sites for hydroxylation is 1. The van der Waals surface area contributed by atoms with Gasteiger partial charge in [-0.25, -0.2) is 9.78 Å². The van der Waals surface area contributed by atoms with Crippen LogP contribution in [0.4, 0.5) is 0 Å². The van der Waals surface area contributed by atoms with Crippen LogP contribution in [0.25, 0.3) is 11.2 Å². The van der Waals surface area contributed by atoms with E-state index in [0.717, 1.165) is 35.5 Å². The van der Waals surface area contributed by atoms with Gasteiger partial charge in [0.25, 0.3) is 0 Å². The van der Waals surface area contributed by atoms with Crippen molar-refractivity contribution in [2.24, 2.45) is 5.92 Å². The molecule has 0 saturated heterocycles. The van der Waals surface area contributed by atoms with Gasteiger partial charge < -0.3 is 4.98 Å². The molecule has 0 aromatic carbocycles. The Balaban J connectivity index is 2.06. The lowest BCUT2D eigenvalue weighted by molar-refractivity contribution is 0.289. The number of imidazole rings is 1. The number of hydrogen-bond donors (Lipinski definition) is 1. The summed E-state index contributed by atoms with van der Waals surface area (Å²) in [5.74, 6) is 0.789. The summed E-state index contributed by atoms with van der Waals surface area (Å²) in [6.07, 6.45) is 6.41. The molecule has 0 amide bonds.